The molecule has 3 N–H and O–H groups in total. The third-order valence-corrected chi connectivity index (χ3v) is 7.99. The maximum Gasteiger partial charge on any atom is 0.272 e. The molecule has 0 aromatic heterocycles. The van der Waals surface area contributed by atoms with Crippen molar-refractivity contribution in [2.24, 2.45) is 0 Å². The van der Waals surface area contributed by atoms with Crippen LogP contribution in [0.4, 0.5) is 17.1 Å². The number of benzene rings is 4. The van der Waals surface area contributed by atoms with Crippen molar-refractivity contribution in [3.63, 3.8) is 0 Å². The number of thioether (sulfide) groups is 1. The largest absolute Gasteiger partial charge is 0.378 e. The summed E-state index contributed by atoms with van der Waals surface area (Å²) >= 11 is 3.64. The van der Waals surface area contributed by atoms with E-state index in [1.54, 1.807) is 42.5 Å². The molecule has 7 nitrogen and oxygen atoms in total. The lowest BCUT2D eigenvalue weighted by Crippen LogP contribution is -2.30. The Morgan fingerprint density at radius 2 is 1.38 bits per heavy atom. The summed E-state index contributed by atoms with van der Waals surface area (Å²) in [5.74, 6) is -0.936. The SMILES string of the molecule is CC(Sc1ccc(NC(=O)/C(=C/c2ccc(N(C)C)cc2)NC(=O)c2ccccc2)cc1)C(=O)Nc1ccc(I)cc1. The molecule has 1 atom stereocenters. The summed E-state index contributed by atoms with van der Waals surface area (Å²) in [6.07, 6.45) is 1.65. The van der Waals surface area contributed by atoms with Gasteiger partial charge in [0.1, 0.15) is 5.70 Å². The fraction of sp³-hybridized carbons (Fsp3) is 0.121. The van der Waals surface area contributed by atoms with Crippen LogP contribution in [-0.2, 0) is 9.59 Å². The van der Waals surface area contributed by atoms with Crippen LogP contribution >= 0.6 is 34.4 Å². The lowest BCUT2D eigenvalue weighted by molar-refractivity contribution is -0.115. The lowest BCUT2D eigenvalue weighted by Gasteiger charge is -2.14. The lowest BCUT2D eigenvalue weighted by atomic mass is 10.1. The first kappa shape index (κ1) is 30.9. The number of hydrogen-bond acceptors (Lipinski definition) is 5. The van der Waals surface area contributed by atoms with Crippen LogP contribution in [0.3, 0.4) is 0 Å². The van der Waals surface area contributed by atoms with Crippen molar-refractivity contribution in [1.29, 1.82) is 0 Å². The summed E-state index contributed by atoms with van der Waals surface area (Å²) in [5, 5.41) is 8.24. The van der Waals surface area contributed by atoms with E-state index in [0.717, 1.165) is 25.4 Å². The minimum absolute atomic E-state index is 0.0962. The molecular weight excluding hydrogens is 659 g/mol. The van der Waals surface area contributed by atoms with Crippen LogP contribution in [-0.4, -0.2) is 37.1 Å². The summed E-state index contributed by atoms with van der Waals surface area (Å²) in [4.78, 5) is 41.8. The Hall–Kier alpha value is -4.09. The van der Waals surface area contributed by atoms with E-state index in [2.05, 4.69) is 38.5 Å². The first-order valence-corrected chi connectivity index (χ1v) is 15.1. The molecule has 0 saturated heterocycles. The molecule has 1 unspecified atom stereocenters. The minimum Gasteiger partial charge on any atom is -0.378 e. The van der Waals surface area contributed by atoms with Crippen molar-refractivity contribution in [3.8, 4) is 0 Å². The van der Waals surface area contributed by atoms with Crippen molar-refractivity contribution >= 4 is 75.2 Å². The molecule has 0 aliphatic rings. The highest BCUT2D eigenvalue weighted by Gasteiger charge is 2.17. The van der Waals surface area contributed by atoms with E-state index < -0.39 is 5.91 Å². The summed E-state index contributed by atoms with van der Waals surface area (Å²) in [6.45, 7) is 1.85. The molecule has 9 heteroatoms. The topological polar surface area (TPSA) is 90.5 Å². The highest BCUT2D eigenvalue weighted by atomic mass is 127. The highest BCUT2D eigenvalue weighted by molar-refractivity contribution is 14.1. The molecule has 3 amide bonds. The number of anilines is 3. The normalized spacial score (nSPS) is 11.8. The predicted molar refractivity (Wildman–Crippen MR) is 181 cm³/mol. The van der Waals surface area contributed by atoms with E-state index in [1.165, 1.54) is 11.8 Å². The Morgan fingerprint density at radius 1 is 0.786 bits per heavy atom. The molecule has 214 valence electrons. The first-order valence-electron chi connectivity index (χ1n) is 13.2. The zero-order valence-corrected chi connectivity index (χ0v) is 26.4. The molecule has 0 fully saturated rings. The van der Waals surface area contributed by atoms with E-state index >= 15 is 0 Å². The smallest absolute Gasteiger partial charge is 0.272 e. The number of nitrogens with zero attached hydrogens (tertiary/aromatic N) is 1. The van der Waals surface area contributed by atoms with Gasteiger partial charge in [-0.15, -0.1) is 11.8 Å². The first-order chi connectivity index (χ1) is 20.2. The van der Waals surface area contributed by atoms with Gasteiger partial charge in [0, 0.05) is 45.2 Å². The molecule has 0 aliphatic heterocycles. The Kier molecular flexibility index (Phi) is 10.8. The van der Waals surface area contributed by atoms with Crippen molar-refractivity contribution in [2.75, 3.05) is 29.6 Å². The maximum absolute atomic E-state index is 13.3. The molecule has 4 aromatic carbocycles. The van der Waals surface area contributed by atoms with E-state index in [4.69, 9.17) is 0 Å². The quantitative estimate of drug-likeness (QED) is 0.0959. The highest BCUT2D eigenvalue weighted by Crippen LogP contribution is 2.26. The fourth-order valence-electron chi connectivity index (χ4n) is 3.83. The maximum atomic E-state index is 13.3. The van der Waals surface area contributed by atoms with Gasteiger partial charge in [-0.05, 0) is 114 Å². The number of nitrogens with one attached hydrogen (secondary N) is 3. The van der Waals surface area contributed by atoms with Crippen LogP contribution in [0.2, 0.25) is 0 Å². The van der Waals surface area contributed by atoms with Crippen molar-refractivity contribution < 1.29 is 14.4 Å². The van der Waals surface area contributed by atoms with Gasteiger partial charge in [-0.3, -0.25) is 14.4 Å². The van der Waals surface area contributed by atoms with Gasteiger partial charge in [-0.2, -0.15) is 0 Å². The van der Waals surface area contributed by atoms with Gasteiger partial charge in [0.15, 0.2) is 0 Å². The van der Waals surface area contributed by atoms with Gasteiger partial charge in [-0.25, -0.2) is 0 Å². The second-order valence-corrected chi connectivity index (χ2v) is 12.3. The molecule has 4 aromatic rings. The van der Waals surface area contributed by atoms with Crippen molar-refractivity contribution in [1.82, 2.24) is 5.32 Å². The number of carbonyl (C=O) groups is 3. The van der Waals surface area contributed by atoms with Gasteiger partial charge >= 0.3 is 0 Å². The fourth-order valence-corrected chi connectivity index (χ4v) is 5.05. The Labute approximate surface area is 263 Å². The van der Waals surface area contributed by atoms with Crippen LogP contribution in [0.5, 0.6) is 0 Å². The molecule has 0 bridgehead atoms. The molecule has 0 saturated carbocycles. The molecule has 0 radical (unpaired) electrons. The summed E-state index contributed by atoms with van der Waals surface area (Å²) in [7, 11) is 3.91. The molecular formula is C33H31IN4O3S. The zero-order valence-electron chi connectivity index (χ0n) is 23.4. The number of halogens is 1. The molecule has 0 aliphatic carbocycles. The second-order valence-electron chi connectivity index (χ2n) is 9.60. The number of carbonyl (C=O) groups excluding carboxylic acids is 3. The number of rotatable bonds is 10. The summed E-state index contributed by atoms with van der Waals surface area (Å²) in [6, 6.07) is 31.3. The van der Waals surface area contributed by atoms with E-state index in [1.807, 2.05) is 92.6 Å². The standard InChI is InChI=1S/C33H31IN4O3S/c1-22(31(39)35-26-13-11-25(34)12-14-26)42-29-19-15-27(16-20-29)36-33(41)30(37-32(40)24-7-5-4-6-8-24)21-23-9-17-28(18-10-23)38(2)3/h4-22H,1-3H3,(H,35,39)(H,36,41)(H,37,40)/b30-21-. The van der Waals surface area contributed by atoms with Crippen molar-refractivity contribution in [2.45, 2.75) is 17.1 Å². The van der Waals surface area contributed by atoms with Crippen LogP contribution in [0.25, 0.3) is 6.08 Å². The van der Waals surface area contributed by atoms with Crippen LogP contribution in [0, 0.1) is 3.57 Å². The van der Waals surface area contributed by atoms with Gasteiger partial charge in [0.05, 0.1) is 5.25 Å². The number of hydrogen-bond donors (Lipinski definition) is 3. The van der Waals surface area contributed by atoms with Gasteiger partial charge in [0.2, 0.25) is 5.91 Å². The molecule has 42 heavy (non-hydrogen) atoms. The zero-order chi connectivity index (χ0) is 30.1. The molecule has 0 spiro atoms. The Balaban J connectivity index is 1.44. The monoisotopic (exact) mass is 690 g/mol. The van der Waals surface area contributed by atoms with Gasteiger partial charge in [0.25, 0.3) is 11.8 Å². The molecule has 4 rings (SSSR count). The molecule has 0 heterocycles. The summed E-state index contributed by atoms with van der Waals surface area (Å²) in [5.41, 5.74) is 3.65. The van der Waals surface area contributed by atoms with E-state index in [0.29, 0.717) is 11.3 Å². The van der Waals surface area contributed by atoms with Crippen LogP contribution in [0.15, 0.2) is 114 Å². The average molecular weight is 691 g/mol. The third kappa shape index (κ3) is 8.95. The van der Waals surface area contributed by atoms with Crippen molar-refractivity contribution in [3.05, 3.63) is 124 Å². The van der Waals surface area contributed by atoms with Crippen LogP contribution in [0.1, 0.15) is 22.8 Å². The van der Waals surface area contributed by atoms with Gasteiger partial charge in [-0.1, -0.05) is 30.3 Å². The van der Waals surface area contributed by atoms with Gasteiger partial charge < -0.3 is 20.9 Å². The van der Waals surface area contributed by atoms with E-state index in [9.17, 15) is 14.4 Å². The summed E-state index contributed by atoms with van der Waals surface area (Å²) < 4.78 is 1.10. The predicted octanol–water partition coefficient (Wildman–Crippen LogP) is 6.89. The Bertz CT molecular complexity index is 1560. The van der Waals surface area contributed by atoms with Crippen LogP contribution < -0.4 is 20.9 Å². The second kappa shape index (κ2) is 14.7. The number of amides is 3. The minimum atomic E-state index is -0.457. The Morgan fingerprint density at radius 3 is 2.00 bits per heavy atom. The third-order valence-electron chi connectivity index (χ3n) is 6.16. The van der Waals surface area contributed by atoms with E-state index in [-0.39, 0.29) is 22.8 Å². The average Bonchev–Trinajstić information content (AvgIpc) is 2.99.